The zero-order valence-electron chi connectivity index (χ0n) is 9.56. The molecule has 1 heterocycles. The highest BCUT2D eigenvalue weighted by atomic mass is 16.3. The highest BCUT2D eigenvalue weighted by Crippen LogP contribution is 2.28. The smallest absolute Gasteiger partial charge is 0.165 e. The van der Waals surface area contributed by atoms with Gasteiger partial charge in [-0.3, -0.25) is 0 Å². The lowest BCUT2D eigenvalue weighted by molar-refractivity contribution is 0.222. The van der Waals surface area contributed by atoms with Crippen molar-refractivity contribution >= 4 is 11.5 Å². The van der Waals surface area contributed by atoms with Gasteiger partial charge in [-0.1, -0.05) is 6.42 Å². The third-order valence-corrected chi connectivity index (χ3v) is 3.26. The molecule has 17 heavy (non-hydrogen) atoms. The predicted molar refractivity (Wildman–Crippen MR) is 65.2 cm³/mol. The van der Waals surface area contributed by atoms with Crippen molar-refractivity contribution in [3.05, 3.63) is 17.8 Å². The molecule has 90 valence electrons. The summed E-state index contributed by atoms with van der Waals surface area (Å²) in [7, 11) is 0. The average Bonchev–Trinajstić information content (AvgIpc) is 2.79. The van der Waals surface area contributed by atoms with Crippen LogP contribution in [0.4, 0.5) is 11.5 Å². The van der Waals surface area contributed by atoms with Crippen molar-refractivity contribution in [2.45, 2.75) is 25.3 Å². The molecule has 1 aromatic rings. The molecule has 1 saturated carbocycles. The SMILES string of the molecule is N#Cc1nc(NC2CCCC2CO)ccc1N. The minimum absolute atomic E-state index is 0.192. The van der Waals surface area contributed by atoms with Crippen molar-refractivity contribution in [3.8, 4) is 6.07 Å². The van der Waals surface area contributed by atoms with Crippen LogP contribution in [0.5, 0.6) is 0 Å². The van der Waals surface area contributed by atoms with Crippen molar-refractivity contribution in [3.63, 3.8) is 0 Å². The summed E-state index contributed by atoms with van der Waals surface area (Å²) in [4.78, 5) is 4.14. The molecule has 0 saturated heterocycles. The fourth-order valence-corrected chi connectivity index (χ4v) is 2.28. The highest BCUT2D eigenvalue weighted by Gasteiger charge is 2.26. The Morgan fingerprint density at radius 2 is 2.35 bits per heavy atom. The van der Waals surface area contributed by atoms with Gasteiger partial charge in [-0.15, -0.1) is 0 Å². The van der Waals surface area contributed by atoms with Crippen molar-refractivity contribution in [1.82, 2.24) is 4.98 Å². The van der Waals surface area contributed by atoms with Gasteiger partial charge in [0.05, 0.1) is 5.69 Å². The van der Waals surface area contributed by atoms with Gasteiger partial charge >= 0.3 is 0 Å². The summed E-state index contributed by atoms with van der Waals surface area (Å²) < 4.78 is 0. The molecule has 0 bridgehead atoms. The molecule has 2 atom stereocenters. The molecule has 1 fully saturated rings. The second kappa shape index (κ2) is 5.02. The lowest BCUT2D eigenvalue weighted by Gasteiger charge is -2.19. The minimum atomic E-state index is 0.192. The average molecular weight is 232 g/mol. The molecule has 0 spiro atoms. The number of nitrogens with one attached hydrogen (secondary N) is 1. The normalized spacial score (nSPS) is 23.3. The lowest BCUT2D eigenvalue weighted by Crippen LogP contribution is -2.26. The minimum Gasteiger partial charge on any atom is -0.396 e. The van der Waals surface area contributed by atoms with E-state index < -0.39 is 0 Å². The van der Waals surface area contributed by atoms with E-state index in [-0.39, 0.29) is 24.3 Å². The Kier molecular flexibility index (Phi) is 3.45. The van der Waals surface area contributed by atoms with E-state index in [0.717, 1.165) is 19.3 Å². The maximum absolute atomic E-state index is 9.23. The van der Waals surface area contributed by atoms with Gasteiger partial charge in [0.2, 0.25) is 0 Å². The van der Waals surface area contributed by atoms with Crippen molar-refractivity contribution in [2.24, 2.45) is 5.92 Å². The standard InChI is InChI=1S/C12H16N4O/c13-6-11-9(14)4-5-12(16-11)15-10-3-1-2-8(10)7-17/h4-5,8,10,17H,1-3,7,14H2,(H,15,16). The zero-order chi connectivity index (χ0) is 12.3. The van der Waals surface area contributed by atoms with Crippen LogP contribution in [0.25, 0.3) is 0 Å². The second-order valence-electron chi connectivity index (χ2n) is 4.37. The monoisotopic (exact) mass is 232 g/mol. The molecule has 1 aliphatic carbocycles. The molecule has 2 unspecified atom stereocenters. The molecule has 1 aliphatic rings. The molecular weight excluding hydrogens is 216 g/mol. The summed E-state index contributed by atoms with van der Waals surface area (Å²) in [5, 5.41) is 21.3. The summed E-state index contributed by atoms with van der Waals surface area (Å²) in [6.45, 7) is 0.192. The maximum Gasteiger partial charge on any atom is 0.165 e. The number of aliphatic hydroxyl groups is 1. The number of pyridine rings is 1. The van der Waals surface area contributed by atoms with Crippen LogP contribution < -0.4 is 11.1 Å². The van der Waals surface area contributed by atoms with Crippen LogP contribution in [0.15, 0.2) is 12.1 Å². The highest BCUT2D eigenvalue weighted by molar-refractivity contribution is 5.54. The third kappa shape index (κ3) is 2.48. The van der Waals surface area contributed by atoms with E-state index in [4.69, 9.17) is 11.0 Å². The van der Waals surface area contributed by atoms with Gasteiger partial charge in [-0.25, -0.2) is 4.98 Å². The van der Waals surface area contributed by atoms with E-state index in [1.54, 1.807) is 12.1 Å². The van der Waals surface area contributed by atoms with Crippen molar-refractivity contribution < 1.29 is 5.11 Å². The number of nitrogen functional groups attached to an aromatic ring is 1. The van der Waals surface area contributed by atoms with Gasteiger partial charge in [0, 0.05) is 18.6 Å². The molecule has 4 N–H and O–H groups in total. The predicted octanol–water partition coefficient (Wildman–Crippen LogP) is 1.11. The van der Waals surface area contributed by atoms with Crippen LogP contribution in [0.3, 0.4) is 0 Å². The van der Waals surface area contributed by atoms with E-state index in [0.29, 0.717) is 11.5 Å². The maximum atomic E-state index is 9.23. The van der Waals surface area contributed by atoms with Crippen molar-refractivity contribution in [1.29, 1.82) is 5.26 Å². The summed E-state index contributed by atoms with van der Waals surface area (Å²) in [6.07, 6.45) is 3.18. The van der Waals surface area contributed by atoms with E-state index in [9.17, 15) is 5.11 Å². The summed E-state index contributed by atoms with van der Waals surface area (Å²) in [5.74, 6) is 0.931. The van der Waals surface area contributed by atoms with Gasteiger partial charge in [0.15, 0.2) is 5.69 Å². The van der Waals surface area contributed by atoms with Crippen LogP contribution in [0.2, 0.25) is 0 Å². The number of aromatic nitrogens is 1. The summed E-state index contributed by atoms with van der Waals surface area (Å²) in [5.41, 5.74) is 6.24. The van der Waals surface area contributed by atoms with E-state index in [2.05, 4.69) is 10.3 Å². The molecule has 0 amide bonds. The van der Waals surface area contributed by atoms with Gasteiger partial charge in [-0.05, 0) is 25.0 Å². The molecule has 1 aromatic heterocycles. The topological polar surface area (TPSA) is 95.0 Å². The first kappa shape index (κ1) is 11.7. The fraction of sp³-hybridized carbons (Fsp3) is 0.500. The van der Waals surface area contributed by atoms with Gasteiger partial charge in [0.25, 0.3) is 0 Å². The number of rotatable bonds is 3. The zero-order valence-corrected chi connectivity index (χ0v) is 9.56. The quantitative estimate of drug-likeness (QED) is 0.725. The van der Waals surface area contributed by atoms with Crippen LogP contribution >= 0.6 is 0 Å². The summed E-state index contributed by atoms with van der Waals surface area (Å²) >= 11 is 0. The van der Waals surface area contributed by atoms with Crippen LogP contribution in [-0.2, 0) is 0 Å². The van der Waals surface area contributed by atoms with Crippen LogP contribution in [0, 0.1) is 17.2 Å². The first-order valence-corrected chi connectivity index (χ1v) is 5.78. The van der Waals surface area contributed by atoms with Crippen LogP contribution in [-0.4, -0.2) is 22.7 Å². The third-order valence-electron chi connectivity index (χ3n) is 3.26. The Bertz CT molecular complexity index is 441. The Hall–Kier alpha value is -1.80. The number of nitriles is 1. The molecule has 0 aromatic carbocycles. The number of hydrogen-bond donors (Lipinski definition) is 3. The Balaban J connectivity index is 2.11. The van der Waals surface area contributed by atoms with E-state index in [1.165, 1.54) is 0 Å². The first-order valence-electron chi connectivity index (χ1n) is 5.78. The van der Waals surface area contributed by atoms with E-state index >= 15 is 0 Å². The largest absolute Gasteiger partial charge is 0.396 e. The molecular formula is C12H16N4O. The van der Waals surface area contributed by atoms with Gasteiger partial charge in [0.1, 0.15) is 11.9 Å². The van der Waals surface area contributed by atoms with Crippen LogP contribution in [0.1, 0.15) is 25.0 Å². The molecule has 5 nitrogen and oxygen atoms in total. The Labute approximate surface area is 100 Å². The van der Waals surface area contributed by atoms with Gasteiger partial charge in [-0.2, -0.15) is 5.26 Å². The molecule has 5 heteroatoms. The lowest BCUT2D eigenvalue weighted by atomic mass is 10.1. The molecule has 0 aliphatic heterocycles. The number of nitrogens with two attached hydrogens (primary N) is 1. The van der Waals surface area contributed by atoms with Gasteiger partial charge < -0.3 is 16.2 Å². The van der Waals surface area contributed by atoms with E-state index in [1.807, 2.05) is 6.07 Å². The number of hydrogen-bond acceptors (Lipinski definition) is 5. The second-order valence-corrected chi connectivity index (χ2v) is 4.37. The Morgan fingerprint density at radius 1 is 1.53 bits per heavy atom. The first-order chi connectivity index (χ1) is 8.24. The number of aliphatic hydroxyl groups excluding tert-OH is 1. The van der Waals surface area contributed by atoms with Crippen molar-refractivity contribution in [2.75, 3.05) is 17.7 Å². The molecule has 2 rings (SSSR count). The number of nitrogens with zero attached hydrogens (tertiary/aromatic N) is 2. The fourth-order valence-electron chi connectivity index (χ4n) is 2.28. The molecule has 0 radical (unpaired) electrons. The number of anilines is 2. The Morgan fingerprint density at radius 3 is 3.06 bits per heavy atom. The summed E-state index contributed by atoms with van der Waals surface area (Å²) in [6, 6.07) is 5.64.